The Morgan fingerprint density at radius 2 is 2.00 bits per heavy atom. The molecule has 22 heavy (non-hydrogen) atoms. The summed E-state index contributed by atoms with van der Waals surface area (Å²) >= 11 is 6.41. The predicted molar refractivity (Wildman–Crippen MR) is 86.5 cm³/mol. The molecule has 1 N–H and O–H groups in total. The minimum atomic E-state index is -0.938. The summed E-state index contributed by atoms with van der Waals surface area (Å²) < 4.78 is 1.68. The quantitative estimate of drug-likeness (QED) is 0.865. The maximum absolute atomic E-state index is 12.6. The fourth-order valence-corrected chi connectivity index (χ4v) is 3.23. The smallest absolute Gasteiger partial charge is 0.267 e. The first-order chi connectivity index (χ1) is 10.5. The molecule has 1 aliphatic heterocycles. The van der Waals surface area contributed by atoms with Gasteiger partial charge in [-0.05, 0) is 19.1 Å². The third-order valence-electron chi connectivity index (χ3n) is 3.98. The first-order valence-electron chi connectivity index (χ1n) is 6.95. The van der Waals surface area contributed by atoms with Crippen LogP contribution in [0.15, 0.2) is 30.8 Å². The molecule has 0 aliphatic carbocycles. The Hall–Kier alpha value is -2.11. The summed E-state index contributed by atoms with van der Waals surface area (Å²) in [6.45, 7) is 5.51. The number of Topliss-reactive ketones (excluding diaryl/α,β-unsaturated/α-hetero) is 1. The predicted octanol–water partition coefficient (Wildman–Crippen LogP) is 2.41. The number of halogens is 1. The molecule has 1 aromatic heterocycles. The molecule has 1 saturated heterocycles. The summed E-state index contributed by atoms with van der Waals surface area (Å²) in [6, 6.07) is 6.04. The normalized spacial score (nSPS) is 22.4. The molecule has 114 valence electrons. The number of aromatic nitrogens is 1. The second kappa shape index (κ2) is 5.26. The summed E-state index contributed by atoms with van der Waals surface area (Å²) in [5.41, 5.74) is 4.16. The van der Waals surface area contributed by atoms with Crippen LogP contribution in [0.3, 0.4) is 0 Å². The summed E-state index contributed by atoms with van der Waals surface area (Å²) in [6.07, 6.45) is 1.58. The highest BCUT2D eigenvalue weighted by molar-refractivity contribution is 6.37. The van der Waals surface area contributed by atoms with E-state index in [-0.39, 0.29) is 11.7 Å². The van der Waals surface area contributed by atoms with Gasteiger partial charge in [0.2, 0.25) is 0 Å². The highest BCUT2D eigenvalue weighted by atomic mass is 35.5. The zero-order chi connectivity index (χ0) is 16.0. The van der Waals surface area contributed by atoms with Crippen LogP contribution in [0, 0.1) is 0 Å². The number of nitrogens with one attached hydrogen (secondary N) is 1. The van der Waals surface area contributed by atoms with E-state index in [2.05, 4.69) is 12.0 Å². The van der Waals surface area contributed by atoms with E-state index in [4.69, 9.17) is 11.6 Å². The lowest BCUT2D eigenvalue weighted by Crippen LogP contribution is -2.59. The number of hydrogen-bond acceptors (Lipinski definition) is 3. The number of amides is 1. The van der Waals surface area contributed by atoms with Crippen LogP contribution in [-0.2, 0) is 9.59 Å². The molecule has 2 heterocycles. The first-order valence-corrected chi connectivity index (χ1v) is 7.33. The fraction of sp³-hybridized carbons (Fsp3) is 0.250. The number of benzene rings is 1. The summed E-state index contributed by atoms with van der Waals surface area (Å²) in [5.74, 6) is -0.507. The Balaban J connectivity index is 2.31. The summed E-state index contributed by atoms with van der Waals surface area (Å²) in [4.78, 5) is 25.1. The molecule has 2 unspecified atom stereocenters. The molecule has 0 spiro atoms. The van der Waals surface area contributed by atoms with Crippen LogP contribution >= 0.6 is 11.6 Å². The van der Waals surface area contributed by atoms with E-state index < -0.39 is 12.1 Å². The van der Waals surface area contributed by atoms with Gasteiger partial charge in [-0.15, -0.1) is 0 Å². The van der Waals surface area contributed by atoms with Gasteiger partial charge in [-0.1, -0.05) is 36.4 Å². The van der Waals surface area contributed by atoms with Crippen molar-refractivity contribution in [3.63, 3.8) is 0 Å². The van der Waals surface area contributed by atoms with E-state index >= 15 is 0 Å². The topological polar surface area (TPSA) is 54.3 Å². The molecule has 0 bridgehead atoms. The van der Waals surface area contributed by atoms with Gasteiger partial charge in [0.05, 0.1) is 22.3 Å². The molecule has 1 fully saturated rings. The third kappa shape index (κ3) is 1.97. The molecule has 6 heteroatoms. The van der Waals surface area contributed by atoms with E-state index in [9.17, 15) is 9.59 Å². The van der Waals surface area contributed by atoms with Crippen molar-refractivity contribution < 1.29 is 9.59 Å². The van der Waals surface area contributed by atoms with Gasteiger partial charge >= 0.3 is 0 Å². The molecule has 5 nitrogen and oxygen atoms in total. The van der Waals surface area contributed by atoms with Crippen molar-refractivity contribution in [1.29, 1.82) is 0 Å². The second-order valence-electron chi connectivity index (χ2n) is 5.34. The van der Waals surface area contributed by atoms with E-state index in [0.29, 0.717) is 10.7 Å². The van der Waals surface area contributed by atoms with E-state index in [1.165, 1.54) is 5.01 Å². The first kappa shape index (κ1) is 14.8. The van der Waals surface area contributed by atoms with Crippen molar-refractivity contribution in [3.05, 3.63) is 41.6 Å². The SMILES string of the molecule is C=Cc1c(Cl)c2ccccc2n1C1C(=O)C(C)NN(C)C1=O. The molecule has 0 radical (unpaired) electrons. The number of carbonyl (C=O) groups excluding carboxylic acids is 2. The van der Waals surface area contributed by atoms with Gasteiger partial charge in [0.25, 0.3) is 5.91 Å². The lowest BCUT2D eigenvalue weighted by atomic mass is 10.0. The average Bonchev–Trinajstić information content (AvgIpc) is 2.79. The number of nitrogens with zero attached hydrogens (tertiary/aromatic N) is 2. The zero-order valence-corrected chi connectivity index (χ0v) is 13.1. The van der Waals surface area contributed by atoms with Crippen LogP contribution in [0.5, 0.6) is 0 Å². The Morgan fingerprint density at radius 1 is 1.32 bits per heavy atom. The Labute approximate surface area is 133 Å². The number of rotatable bonds is 2. The Bertz CT molecular complexity index is 776. The van der Waals surface area contributed by atoms with Crippen LogP contribution in [0.2, 0.25) is 5.02 Å². The summed E-state index contributed by atoms with van der Waals surface area (Å²) in [5, 5.41) is 2.65. The van der Waals surface area contributed by atoms with Crippen LogP contribution in [0.25, 0.3) is 17.0 Å². The Morgan fingerprint density at radius 3 is 2.68 bits per heavy atom. The van der Waals surface area contributed by atoms with Crippen molar-refractivity contribution in [2.45, 2.75) is 19.0 Å². The van der Waals surface area contributed by atoms with Gasteiger partial charge in [0, 0.05) is 12.4 Å². The van der Waals surface area contributed by atoms with Crippen LogP contribution in [0.1, 0.15) is 18.7 Å². The van der Waals surface area contributed by atoms with E-state index in [1.807, 2.05) is 24.3 Å². The van der Waals surface area contributed by atoms with Crippen molar-refractivity contribution >= 4 is 40.3 Å². The van der Waals surface area contributed by atoms with Crippen molar-refractivity contribution in [3.8, 4) is 0 Å². The van der Waals surface area contributed by atoms with Gasteiger partial charge < -0.3 is 4.57 Å². The number of hydrogen-bond donors (Lipinski definition) is 1. The average molecular weight is 318 g/mol. The van der Waals surface area contributed by atoms with Gasteiger partial charge in [0.1, 0.15) is 0 Å². The lowest BCUT2D eigenvalue weighted by molar-refractivity contribution is -0.149. The molecule has 0 saturated carbocycles. The standard InChI is InChI=1S/C16H16ClN3O2/c1-4-11-13(17)10-7-5-6-8-12(10)20(11)14-15(21)9(2)18-19(3)16(14)22/h4-9,14,18H,1H2,2-3H3. The number of fused-ring (bicyclic) bond motifs is 1. The molecule has 3 rings (SSSR count). The zero-order valence-electron chi connectivity index (χ0n) is 12.3. The van der Waals surface area contributed by atoms with Crippen LogP contribution in [-0.4, -0.2) is 34.4 Å². The minimum absolute atomic E-state index is 0.191. The monoisotopic (exact) mass is 317 g/mol. The lowest BCUT2D eigenvalue weighted by Gasteiger charge is -2.34. The maximum atomic E-state index is 12.6. The summed E-state index contributed by atoms with van der Waals surface area (Å²) in [7, 11) is 1.61. The fourth-order valence-electron chi connectivity index (χ4n) is 2.91. The molecule has 1 amide bonds. The van der Waals surface area contributed by atoms with Gasteiger partial charge in [-0.3, -0.25) is 14.6 Å². The van der Waals surface area contributed by atoms with Crippen LogP contribution in [0.4, 0.5) is 0 Å². The highest BCUT2D eigenvalue weighted by Gasteiger charge is 2.41. The van der Waals surface area contributed by atoms with Crippen molar-refractivity contribution in [1.82, 2.24) is 15.0 Å². The number of carbonyl (C=O) groups is 2. The van der Waals surface area contributed by atoms with E-state index in [0.717, 1.165) is 10.9 Å². The number of ketones is 1. The van der Waals surface area contributed by atoms with Crippen LogP contribution < -0.4 is 5.43 Å². The minimum Gasteiger partial charge on any atom is -0.320 e. The Kier molecular flexibility index (Phi) is 3.54. The van der Waals surface area contributed by atoms with Gasteiger partial charge in [-0.25, -0.2) is 5.43 Å². The van der Waals surface area contributed by atoms with Gasteiger partial charge in [-0.2, -0.15) is 0 Å². The highest BCUT2D eigenvalue weighted by Crippen LogP contribution is 2.35. The number of para-hydroxylation sites is 1. The van der Waals surface area contributed by atoms with E-state index in [1.54, 1.807) is 24.6 Å². The number of hydrazine groups is 1. The largest absolute Gasteiger partial charge is 0.320 e. The maximum Gasteiger partial charge on any atom is 0.267 e. The molecule has 2 atom stereocenters. The number of likely N-dealkylation sites (N-methyl/N-ethyl adjacent to an activating group) is 1. The molecule has 1 aliphatic rings. The third-order valence-corrected chi connectivity index (χ3v) is 4.38. The van der Waals surface area contributed by atoms with Crippen molar-refractivity contribution in [2.75, 3.05) is 7.05 Å². The molecule has 2 aromatic rings. The molecular formula is C16H16ClN3O2. The molecular weight excluding hydrogens is 302 g/mol. The van der Waals surface area contributed by atoms with Gasteiger partial charge in [0.15, 0.2) is 11.8 Å². The second-order valence-corrected chi connectivity index (χ2v) is 5.72. The molecule has 1 aromatic carbocycles. The van der Waals surface area contributed by atoms with Crippen molar-refractivity contribution in [2.24, 2.45) is 0 Å².